The summed E-state index contributed by atoms with van der Waals surface area (Å²) in [7, 11) is 0. The van der Waals surface area contributed by atoms with E-state index in [2.05, 4.69) is 16.7 Å². The fourth-order valence-corrected chi connectivity index (χ4v) is 2.94. The van der Waals surface area contributed by atoms with E-state index in [1.54, 1.807) is 0 Å². The molecule has 4 heteroatoms. The third-order valence-corrected chi connectivity index (χ3v) is 4.28. The van der Waals surface area contributed by atoms with E-state index in [0.29, 0.717) is 0 Å². The minimum atomic E-state index is -4.30. The Labute approximate surface area is 153 Å². The molecule has 0 bridgehead atoms. The van der Waals surface area contributed by atoms with Crippen molar-refractivity contribution in [1.29, 1.82) is 0 Å². The molecule has 0 aliphatic rings. The third kappa shape index (κ3) is 4.37. The zero-order valence-electron chi connectivity index (χ0n) is 15.6. The first kappa shape index (κ1) is 19.8. The summed E-state index contributed by atoms with van der Waals surface area (Å²) in [5.41, 5.74) is 4.48. The zero-order valence-corrected chi connectivity index (χ0v) is 15.6. The number of aryl methyl sites for hydroxylation is 1. The molecule has 0 amide bonds. The van der Waals surface area contributed by atoms with Gasteiger partial charge in [-0.3, -0.25) is 0 Å². The Kier molecular flexibility index (Phi) is 6.30. The molecule has 0 aliphatic carbocycles. The van der Waals surface area contributed by atoms with Gasteiger partial charge in [-0.25, -0.2) is 0 Å². The van der Waals surface area contributed by atoms with Gasteiger partial charge >= 0.3 is 6.18 Å². The molecule has 0 N–H and O–H groups in total. The van der Waals surface area contributed by atoms with Crippen LogP contribution in [0.1, 0.15) is 36.4 Å². The fourth-order valence-electron chi connectivity index (χ4n) is 2.94. The maximum atomic E-state index is 12.7. The normalized spacial score (nSPS) is 11.0. The molecule has 0 saturated heterocycles. The van der Waals surface area contributed by atoms with E-state index in [-0.39, 0.29) is 0 Å². The van der Waals surface area contributed by atoms with E-state index in [0.717, 1.165) is 41.2 Å². The van der Waals surface area contributed by atoms with Gasteiger partial charge < -0.3 is 4.57 Å². The lowest BCUT2D eigenvalue weighted by molar-refractivity contribution is -0.137. The molecular weight excluding hydrogens is 335 g/mol. The number of aromatic nitrogens is 1. The van der Waals surface area contributed by atoms with Crippen LogP contribution in [0.5, 0.6) is 0 Å². The number of alkyl halides is 3. The molecule has 0 unspecified atom stereocenters. The van der Waals surface area contributed by atoms with Crippen molar-refractivity contribution in [3.63, 3.8) is 0 Å². The summed E-state index contributed by atoms with van der Waals surface area (Å²) in [6.07, 6.45) is -4.30. The highest BCUT2D eigenvalue weighted by Crippen LogP contribution is 2.32. The minimum absolute atomic E-state index is 0.621. The lowest BCUT2D eigenvalue weighted by atomic mass is 10.0. The van der Waals surface area contributed by atoms with Crippen LogP contribution in [-0.4, -0.2) is 4.57 Å². The van der Waals surface area contributed by atoms with Crippen molar-refractivity contribution in [2.24, 2.45) is 0 Å². The number of hydrogen-bond acceptors (Lipinski definition) is 0. The molecule has 3 rings (SSSR count). The molecule has 2 aromatic carbocycles. The van der Waals surface area contributed by atoms with Gasteiger partial charge in [0.15, 0.2) is 0 Å². The van der Waals surface area contributed by atoms with Gasteiger partial charge in [-0.05, 0) is 43.2 Å². The maximum Gasteiger partial charge on any atom is 0.416 e. The molecule has 3 aromatic rings. The predicted molar refractivity (Wildman–Crippen MR) is 101 cm³/mol. The summed E-state index contributed by atoms with van der Waals surface area (Å²) in [5.74, 6) is 0. The van der Waals surface area contributed by atoms with Crippen molar-refractivity contribution in [3.05, 3.63) is 83.2 Å². The Morgan fingerprint density at radius 1 is 0.846 bits per heavy atom. The van der Waals surface area contributed by atoms with Crippen LogP contribution in [0.15, 0.2) is 60.7 Å². The molecule has 0 spiro atoms. The second kappa shape index (κ2) is 8.26. The number of hydrogen-bond donors (Lipinski definition) is 0. The molecule has 0 radical (unpaired) electrons. The van der Waals surface area contributed by atoms with E-state index in [1.165, 1.54) is 17.7 Å². The van der Waals surface area contributed by atoms with Crippen LogP contribution >= 0.6 is 0 Å². The van der Waals surface area contributed by atoms with E-state index in [9.17, 15) is 13.2 Å². The average Bonchev–Trinajstić information content (AvgIpc) is 2.92. The van der Waals surface area contributed by atoms with Crippen LogP contribution in [0.3, 0.4) is 0 Å². The van der Waals surface area contributed by atoms with Crippen LogP contribution in [0, 0.1) is 13.8 Å². The summed E-state index contributed by atoms with van der Waals surface area (Å²) in [6.45, 7) is 8.77. The zero-order chi connectivity index (χ0) is 19.3. The Morgan fingerprint density at radius 2 is 1.42 bits per heavy atom. The Balaban J connectivity index is 0.00000117. The highest BCUT2D eigenvalue weighted by molar-refractivity contribution is 5.67. The van der Waals surface area contributed by atoms with Gasteiger partial charge in [0.2, 0.25) is 0 Å². The topological polar surface area (TPSA) is 4.93 Å². The summed E-state index contributed by atoms with van der Waals surface area (Å²) in [6, 6.07) is 17.5. The first-order valence-electron chi connectivity index (χ1n) is 8.74. The van der Waals surface area contributed by atoms with Crippen LogP contribution in [-0.2, 0) is 12.7 Å². The third-order valence-electron chi connectivity index (χ3n) is 4.28. The largest absolute Gasteiger partial charge is 0.416 e. The van der Waals surface area contributed by atoms with Crippen molar-refractivity contribution in [2.45, 2.75) is 40.4 Å². The van der Waals surface area contributed by atoms with Gasteiger partial charge in [0.05, 0.1) is 5.56 Å². The van der Waals surface area contributed by atoms with Crippen molar-refractivity contribution in [2.75, 3.05) is 0 Å². The molecule has 1 heterocycles. The standard InChI is InChI=1S/C20H18F3N.C2H6/c1-14-12-19(17-8-10-18(11-9-17)20(21,22)23)15(2)24(14)13-16-6-4-3-5-7-16;1-2/h3-12H,13H2,1-2H3;1-2H3. The van der Waals surface area contributed by atoms with Crippen molar-refractivity contribution < 1.29 is 13.2 Å². The summed E-state index contributed by atoms with van der Waals surface area (Å²) in [5, 5.41) is 0. The molecule has 26 heavy (non-hydrogen) atoms. The van der Waals surface area contributed by atoms with Crippen molar-refractivity contribution in [1.82, 2.24) is 4.57 Å². The van der Waals surface area contributed by atoms with Crippen LogP contribution in [0.4, 0.5) is 13.2 Å². The van der Waals surface area contributed by atoms with Gasteiger partial charge in [0.1, 0.15) is 0 Å². The Bertz CT molecular complexity index is 828. The van der Waals surface area contributed by atoms with Crippen LogP contribution < -0.4 is 0 Å². The van der Waals surface area contributed by atoms with Gasteiger partial charge in [-0.1, -0.05) is 56.3 Å². The number of nitrogens with zero attached hydrogens (tertiary/aromatic N) is 1. The van der Waals surface area contributed by atoms with Crippen molar-refractivity contribution >= 4 is 0 Å². The molecule has 0 atom stereocenters. The fraction of sp³-hybridized carbons (Fsp3) is 0.273. The number of halogens is 3. The molecule has 0 fully saturated rings. The second-order valence-corrected chi connectivity index (χ2v) is 5.93. The minimum Gasteiger partial charge on any atom is -0.344 e. The lowest BCUT2D eigenvalue weighted by Gasteiger charge is -2.11. The monoisotopic (exact) mass is 359 g/mol. The Morgan fingerprint density at radius 3 is 1.96 bits per heavy atom. The quantitative estimate of drug-likeness (QED) is 0.481. The van der Waals surface area contributed by atoms with Crippen molar-refractivity contribution in [3.8, 4) is 11.1 Å². The predicted octanol–water partition coefficient (Wildman–Crippen LogP) is 6.87. The van der Waals surface area contributed by atoms with Gasteiger partial charge in [-0.2, -0.15) is 13.2 Å². The van der Waals surface area contributed by atoms with Gasteiger partial charge in [0.25, 0.3) is 0 Å². The maximum absolute atomic E-state index is 12.7. The molecular formula is C22H24F3N. The second-order valence-electron chi connectivity index (χ2n) is 5.93. The molecule has 0 saturated carbocycles. The highest BCUT2D eigenvalue weighted by atomic mass is 19.4. The van der Waals surface area contributed by atoms with Gasteiger partial charge in [-0.15, -0.1) is 0 Å². The van der Waals surface area contributed by atoms with E-state index >= 15 is 0 Å². The first-order chi connectivity index (χ1) is 12.4. The number of rotatable bonds is 3. The average molecular weight is 359 g/mol. The van der Waals surface area contributed by atoms with E-state index < -0.39 is 11.7 Å². The van der Waals surface area contributed by atoms with Crippen LogP contribution in [0.25, 0.3) is 11.1 Å². The molecule has 0 aliphatic heterocycles. The lowest BCUT2D eigenvalue weighted by Crippen LogP contribution is -2.04. The molecule has 138 valence electrons. The summed E-state index contributed by atoms with van der Waals surface area (Å²) in [4.78, 5) is 0. The molecule has 1 aromatic heterocycles. The van der Waals surface area contributed by atoms with Gasteiger partial charge in [0, 0.05) is 23.5 Å². The van der Waals surface area contributed by atoms with Crippen LogP contribution in [0.2, 0.25) is 0 Å². The molecule has 1 nitrogen and oxygen atoms in total. The smallest absolute Gasteiger partial charge is 0.344 e. The van der Waals surface area contributed by atoms with E-state index in [4.69, 9.17) is 0 Å². The first-order valence-corrected chi connectivity index (χ1v) is 8.74. The highest BCUT2D eigenvalue weighted by Gasteiger charge is 2.30. The summed E-state index contributed by atoms with van der Waals surface area (Å²) >= 11 is 0. The Hall–Kier alpha value is -2.49. The SMILES string of the molecule is CC.Cc1cc(-c2ccc(C(F)(F)F)cc2)c(C)n1Cc1ccccc1. The van der Waals surface area contributed by atoms with E-state index in [1.807, 2.05) is 52.0 Å². The number of benzene rings is 2. The summed E-state index contributed by atoms with van der Waals surface area (Å²) < 4.78 is 40.3.